The highest BCUT2D eigenvalue weighted by Crippen LogP contribution is 2.08. The maximum Gasteiger partial charge on any atom is 0.237 e. The predicted molar refractivity (Wildman–Crippen MR) is 65.3 cm³/mol. The number of hydrogen-bond acceptors (Lipinski definition) is 4. The Morgan fingerprint density at radius 1 is 1.50 bits per heavy atom. The molecule has 0 fully saturated rings. The fourth-order valence-electron chi connectivity index (χ4n) is 1.38. The smallest absolute Gasteiger partial charge is 0.237 e. The van der Waals surface area contributed by atoms with Crippen molar-refractivity contribution in [1.29, 1.82) is 0 Å². The molecule has 0 aromatic heterocycles. The lowest BCUT2D eigenvalue weighted by Gasteiger charge is -2.28. The third-order valence-corrected chi connectivity index (χ3v) is 2.98. The van der Waals surface area contributed by atoms with Crippen LogP contribution in [0.3, 0.4) is 0 Å². The fraction of sp³-hybridized carbons (Fsp3) is 0.909. The molecule has 3 N–H and O–H groups in total. The maximum atomic E-state index is 11.2. The normalized spacial score (nSPS) is 15.1. The Morgan fingerprint density at radius 3 is 2.56 bits per heavy atom. The molecule has 1 unspecified atom stereocenters. The molecule has 96 valence electrons. The highest BCUT2D eigenvalue weighted by molar-refractivity contribution is 5.84. The summed E-state index contributed by atoms with van der Waals surface area (Å²) < 4.78 is 4.98. The number of primary amides is 1. The van der Waals surface area contributed by atoms with Crippen molar-refractivity contribution in [2.75, 3.05) is 40.9 Å². The number of rotatable bonds is 9. The molecule has 0 bridgehead atoms. The van der Waals surface area contributed by atoms with Gasteiger partial charge < -0.3 is 20.7 Å². The highest BCUT2D eigenvalue weighted by Gasteiger charge is 2.28. The lowest BCUT2D eigenvalue weighted by molar-refractivity contribution is -0.124. The first kappa shape index (κ1) is 15.3. The van der Waals surface area contributed by atoms with Crippen LogP contribution in [0.5, 0.6) is 0 Å². The van der Waals surface area contributed by atoms with E-state index in [1.165, 1.54) is 0 Å². The number of carbonyl (C=O) groups is 1. The Labute approximate surface area is 98.3 Å². The van der Waals surface area contributed by atoms with E-state index in [9.17, 15) is 4.79 Å². The second-order valence-corrected chi connectivity index (χ2v) is 4.35. The molecule has 5 nitrogen and oxygen atoms in total. The molecule has 0 aliphatic rings. The molecule has 5 heteroatoms. The van der Waals surface area contributed by atoms with Crippen LogP contribution >= 0.6 is 0 Å². The molecule has 0 aromatic carbocycles. The third-order valence-electron chi connectivity index (χ3n) is 2.98. The number of carbonyl (C=O) groups excluding carboxylic acids is 1. The molecule has 0 saturated heterocycles. The quantitative estimate of drug-likeness (QED) is 0.540. The van der Waals surface area contributed by atoms with Crippen LogP contribution in [0.4, 0.5) is 0 Å². The molecule has 0 rings (SSSR count). The van der Waals surface area contributed by atoms with Gasteiger partial charge in [0.15, 0.2) is 0 Å². The van der Waals surface area contributed by atoms with Gasteiger partial charge in [-0.2, -0.15) is 0 Å². The summed E-state index contributed by atoms with van der Waals surface area (Å²) in [6.07, 6.45) is 1.71. The van der Waals surface area contributed by atoms with Crippen molar-refractivity contribution in [1.82, 2.24) is 10.2 Å². The zero-order chi connectivity index (χ0) is 12.6. The Balaban J connectivity index is 3.88. The van der Waals surface area contributed by atoms with E-state index >= 15 is 0 Å². The Kier molecular flexibility index (Phi) is 7.29. The summed E-state index contributed by atoms with van der Waals surface area (Å²) in [7, 11) is 5.49. The van der Waals surface area contributed by atoms with Gasteiger partial charge in [0.25, 0.3) is 0 Å². The Bertz CT molecular complexity index is 211. The maximum absolute atomic E-state index is 11.2. The van der Waals surface area contributed by atoms with Crippen LogP contribution in [0.2, 0.25) is 0 Å². The number of hydrogen-bond donors (Lipinski definition) is 2. The number of likely N-dealkylation sites (N-methyl/N-ethyl adjacent to an activating group) is 1. The minimum absolute atomic E-state index is 0.305. The van der Waals surface area contributed by atoms with Crippen LogP contribution in [0.25, 0.3) is 0 Å². The van der Waals surface area contributed by atoms with Crippen LogP contribution in [-0.4, -0.2) is 57.2 Å². The largest absolute Gasteiger partial charge is 0.385 e. The fourth-order valence-corrected chi connectivity index (χ4v) is 1.38. The van der Waals surface area contributed by atoms with Gasteiger partial charge in [-0.25, -0.2) is 0 Å². The number of nitrogens with two attached hydrogens (primary N) is 1. The average Bonchev–Trinajstić information content (AvgIpc) is 2.26. The van der Waals surface area contributed by atoms with Crippen LogP contribution < -0.4 is 11.1 Å². The lowest BCUT2D eigenvalue weighted by atomic mass is 9.97. The van der Waals surface area contributed by atoms with E-state index in [0.717, 1.165) is 26.1 Å². The monoisotopic (exact) mass is 231 g/mol. The second kappa shape index (κ2) is 7.60. The zero-order valence-corrected chi connectivity index (χ0v) is 10.9. The summed E-state index contributed by atoms with van der Waals surface area (Å²) in [6.45, 7) is 4.40. The zero-order valence-electron chi connectivity index (χ0n) is 10.9. The van der Waals surface area contributed by atoms with Crippen LogP contribution in [0, 0.1) is 0 Å². The van der Waals surface area contributed by atoms with Gasteiger partial charge in [-0.05, 0) is 33.9 Å². The molecular weight excluding hydrogens is 206 g/mol. The van der Waals surface area contributed by atoms with Gasteiger partial charge in [0, 0.05) is 26.8 Å². The minimum Gasteiger partial charge on any atom is -0.385 e. The van der Waals surface area contributed by atoms with E-state index in [4.69, 9.17) is 10.5 Å². The first-order valence-electron chi connectivity index (χ1n) is 5.62. The van der Waals surface area contributed by atoms with E-state index in [1.807, 2.05) is 14.0 Å². The molecule has 1 amide bonds. The molecule has 0 saturated carbocycles. The van der Waals surface area contributed by atoms with Crippen LogP contribution in [0.1, 0.15) is 19.8 Å². The van der Waals surface area contributed by atoms with Gasteiger partial charge in [0.2, 0.25) is 5.91 Å². The number of ether oxygens (including phenoxy) is 1. The van der Waals surface area contributed by atoms with E-state index in [-0.39, 0.29) is 5.91 Å². The first-order chi connectivity index (χ1) is 7.46. The number of nitrogens with one attached hydrogen (secondary N) is 1. The van der Waals surface area contributed by atoms with E-state index in [0.29, 0.717) is 6.42 Å². The summed E-state index contributed by atoms with van der Waals surface area (Å²) in [5, 5.41) is 2.97. The standard InChI is InChI=1S/C11H25N3O2/c1-11(13-2,10(12)15)6-8-14(3)7-5-9-16-4/h13H,5-9H2,1-4H3,(H2,12,15). The molecule has 0 aliphatic heterocycles. The average molecular weight is 231 g/mol. The summed E-state index contributed by atoms with van der Waals surface area (Å²) in [5.41, 5.74) is 4.73. The highest BCUT2D eigenvalue weighted by atomic mass is 16.5. The van der Waals surface area contributed by atoms with Crippen LogP contribution in [0.15, 0.2) is 0 Å². The molecular formula is C11H25N3O2. The summed E-state index contributed by atoms with van der Waals surface area (Å²) in [4.78, 5) is 13.4. The van der Waals surface area contributed by atoms with E-state index < -0.39 is 5.54 Å². The molecule has 0 heterocycles. The van der Waals surface area contributed by atoms with Crippen molar-refractivity contribution >= 4 is 5.91 Å². The second-order valence-electron chi connectivity index (χ2n) is 4.35. The number of amides is 1. The first-order valence-corrected chi connectivity index (χ1v) is 5.62. The number of methoxy groups -OCH3 is 1. The van der Waals surface area contributed by atoms with Gasteiger partial charge in [0.1, 0.15) is 0 Å². The molecule has 0 aromatic rings. The summed E-state index contributed by atoms with van der Waals surface area (Å²) in [6, 6.07) is 0. The van der Waals surface area contributed by atoms with Crippen molar-refractivity contribution in [3.05, 3.63) is 0 Å². The SMILES string of the molecule is CNC(C)(CCN(C)CCCOC)C(N)=O. The van der Waals surface area contributed by atoms with Crippen molar-refractivity contribution < 1.29 is 9.53 Å². The van der Waals surface area contributed by atoms with Gasteiger partial charge >= 0.3 is 0 Å². The van der Waals surface area contributed by atoms with E-state index in [1.54, 1.807) is 14.2 Å². The number of nitrogens with zero attached hydrogens (tertiary/aromatic N) is 1. The minimum atomic E-state index is -0.616. The van der Waals surface area contributed by atoms with Crippen LogP contribution in [-0.2, 0) is 9.53 Å². The Morgan fingerprint density at radius 2 is 2.12 bits per heavy atom. The molecule has 0 spiro atoms. The molecule has 1 atom stereocenters. The van der Waals surface area contributed by atoms with Gasteiger partial charge in [0.05, 0.1) is 5.54 Å². The lowest BCUT2D eigenvalue weighted by Crippen LogP contribution is -2.53. The summed E-state index contributed by atoms with van der Waals surface area (Å²) in [5.74, 6) is -0.305. The van der Waals surface area contributed by atoms with Gasteiger partial charge in [-0.1, -0.05) is 0 Å². The third kappa shape index (κ3) is 5.44. The summed E-state index contributed by atoms with van der Waals surface area (Å²) >= 11 is 0. The van der Waals surface area contributed by atoms with Gasteiger partial charge in [-0.15, -0.1) is 0 Å². The molecule has 0 aliphatic carbocycles. The topological polar surface area (TPSA) is 67.6 Å². The molecule has 16 heavy (non-hydrogen) atoms. The van der Waals surface area contributed by atoms with Crippen molar-refractivity contribution in [3.63, 3.8) is 0 Å². The van der Waals surface area contributed by atoms with Crippen molar-refractivity contribution in [2.45, 2.75) is 25.3 Å². The predicted octanol–water partition coefficient (Wildman–Crippen LogP) is -0.192. The van der Waals surface area contributed by atoms with Gasteiger partial charge in [-0.3, -0.25) is 4.79 Å². The van der Waals surface area contributed by atoms with Crippen molar-refractivity contribution in [3.8, 4) is 0 Å². The Hall–Kier alpha value is -0.650. The molecule has 0 radical (unpaired) electrons. The van der Waals surface area contributed by atoms with Crippen molar-refractivity contribution in [2.24, 2.45) is 5.73 Å². The van der Waals surface area contributed by atoms with E-state index in [2.05, 4.69) is 10.2 Å².